The Kier molecular flexibility index (Phi) is 3.24. The lowest BCUT2D eigenvalue weighted by atomic mass is 10.1. The third-order valence-corrected chi connectivity index (χ3v) is 2.83. The minimum Gasteiger partial charge on any atom is -0.264 e. The van der Waals surface area contributed by atoms with E-state index in [1.54, 1.807) is 6.20 Å². The summed E-state index contributed by atoms with van der Waals surface area (Å²) in [5, 5.41) is 0.700. The van der Waals surface area contributed by atoms with Crippen LogP contribution in [0.15, 0.2) is 42.7 Å². The van der Waals surface area contributed by atoms with Crippen molar-refractivity contribution in [2.45, 2.75) is 5.88 Å². The number of alkyl halides is 1. The van der Waals surface area contributed by atoms with Gasteiger partial charge < -0.3 is 0 Å². The first-order valence-electron chi connectivity index (χ1n) is 4.56. The average Bonchev–Trinajstić information content (AvgIpc) is 2.30. The molecule has 0 atom stereocenters. The monoisotopic (exact) mass is 237 g/mol. The zero-order valence-corrected chi connectivity index (χ0v) is 9.46. The molecule has 1 heterocycles. The van der Waals surface area contributed by atoms with E-state index in [2.05, 4.69) is 4.98 Å². The zero-order chi connectivity index (χ0) is 10.7. The molecule has 0 N–H and O–H groups in total. The molecule has 0 saturated heterocycles. The van der Waals surface area contributed by atoms with Crippen molar-refractivity contribution in [3.05, 3.63) is 53.3 Å². The molecule has 0 fully saturated rings. The highest BCUT2D eigenvalue weighted by molar-refractivity contribution is 6.32. The topological polar surface area (TPSA) is 12.9 Å². The van der Waals surface area contributed by atoms with Crippen molar-refractivity contribution in [3.63, 3.8) is 0 Å². The molecule has 0 radical (unpaired) electrons. The minimum absolute atomic E-state index is 0.437. The SMILES string of the molecule is ClCc1ccc(-c2cccnc2)cc1Cl. The Labute approximate surface area is 98.7 Å². The van der Waals surface area contributed by atoms with Gasteiger partial charge in [0, 0.05) is 28.9 Å². The summed E-state index contributed by atoms with van der Waals surface area (Å²) in [6, 6.07) is 9.76. The van der Waals surface area contributed by atoms with Crippen molar-refractivity contribution < 1.29 is 0 Å². The highest BCUT2D eigenvalue weighted by atomic mass is 35.5. The second-order valence-electron chi connectivity index (χ2n) is 3.18. The first kappa shape index (κ1) is 10.5. The van der Waals surface area contributed by atoms with Crippen LogP contribution in [0.1, 0.15) is 5.56 Å². The van der Waals surface area contributed by atoms with Gasteiger partial charge in [0.1, 0.15) is 0 Å². The van der Waals surface area contributed by atoms with Crippen molar-refractivity contribution in [1.29, 1.82) is 0 Å². The maximum atomic E-state index is 6.07. The fraction of sp³-hybridized carbons (Fsp3) is 0.0833. The van der Waals surface area contributed by atoms with Gasteiger partial charge in [-0.25, -0.2) is 0 Å². The van der Waals surface area contributed by atoms with Gasteiger partial charge in [0.05, 0.1) is 0 Å². The van der Waals surface area contributed by atoms with Crippen molar-refractivity contribution in [1.82, 2.24) is 4.98 Å². The van der Waals surface area contributed by atoms with E-state index in [4.69, 9.17) is 23.2 Å². The van der Waals surface area contributed by atoms with Crippen molar-refractivity contribution in [2.24, 2.45) is 0 Å². The van der Waals surface area contributed by atoms with Crippen LogP contribution in [0, 0.1) is 0 Å². The first-order chi connectivity index (χ1) is 7.31. The molecule has 2 aromatic rings. The van der Waals surface area contributed by atoms with Crippen molar-refractivity contribution in [2.75, 3.05) is 0 Å². The van der Waals surface area contributed by atoms with Crippen LogP contribution in [-0.2, 0) is 5.88 Å². The highest BCUT2D eigenvalue weighted by Gasteiger charge is 2.02. The summed E-state index contributed by atoms with van der Waals surface area (Å²) in [5.74, 6) is 0.437. The molecule has 0 aliphatic heterocycles. The smallest absolute Gasteiger partial charge is 0.0488 e. The maximum Gasteiger partial charge on any atom is 0.0488 e. The van der Waals surface area contributed by atoms with E-state index < -0.39 is 0 Å². The molecular formula is C12H9Cl2N. The predicted molar refractivity (Wildman–Crippen MR) is 64.2 cm³/mol. The van der Waals surface area contributed by atoms with Crippen LogP contribution in [0.5, 0.6) is 0 Å². The number of nitrogens with zero attached hydrogens (tertiary/aromatic N) is 1. The van der Waals surface area contributed by atoms with Crippen LogP contribution in [0.2, 0.25) is 5.02 Å². The molecule has 0 amide bonds. The van der Waals surface area contributed by atoms with Crippen LogP contribution in [-0.4, -0.2) is 4.98 Å². The van der Waals surface area contributed by atoms with Gasteiger partial charge in [-0.3, -0.25) is 4.98 Å². The third-order valence-electron chi connectivity index (χ3n) is 2.19. The molecule has 15 heavy (non-hydrogen) atoms. The molecule has 1 aromatic carbocycles. The van der Waals surface area contributed by atoms with Crippen molar-refractivity contribution >= 4 is 23.2 Å². The molecule has 0 spiro atoms. The van der Waals surface area contributed by atoms with Crippen LogP contribution in [0.4, 0.5) is 0 Å². The van der Waals surface area contributed by atoms with Crippen molar-refractivity contribution in [3.8, 4) is 11.1 Å². The Morgan fingerprint density at radius 3 is 2.60 bits per heavy atom. The molecular weight excluding hydrogens is 229 g/mol. The van der Waals surface area contributed by atoms with Gasteiger partial charge in [0.15, 0.2) is 0 Å². The number of aromatic nitrogens is 1. The van der Waals surface area contributed by atoms with E-state index >= 15 is 0 Å². The summed E-state index contributed by atoms with van der Waals surface area (Å²) < 4.78 is 0. The Balaban J connectivity index is 2.43. The number of rotatable bonds is 2. The van der Waals surface area contributed by atoms with E-state index in [1.807, 2.05) is 36.5 Å². The largest absolute Gasteiger partial charge is 0.264 e. The Morgan fingerprint density at radius 2 is 2.00 bits per heavy atom. The molecule has 1 aromatic heterocycles. The normalized spacial score (nSPS) is 10.3. The van der Waals surface area contributed by atoms with Crippen LogP contribution < -0.4 is 0 Å². The van der Waals surface area contributed by atoms with Crippen LogP contribution in [0.3, 0.4) is 0 Å². The second kappa shape index (κ2) is 4.65. The van der Waals surface area contributed by atoms with Gasteiger partial charge in [-0.2, -0.15) is 0 Å². The summed E-state index contributed by atoms with van der Waals surface area (Å²) in [4.78, 5) is 4.06. The molecule has 3 heteroatoms. The maximum absolute atomic E-state index is 6.07. The lowest BCUT2D eigenvalue weighted by molar-refractivity contribution is 1.32. The molecule has 76 valence electrons. The summed E-state index contributed by atoms with van der Waals surface area (Å²) in [6.45, 7) is 0. The van der Waals surface area contributed by atoms with Gasteiger partial charge in [-0.15, -0.1) is 11.6 Å². The van der Waals surface area contributed by atoms with E-state index in [0.29, 0.717) is 10.9 Å². The molecule has 2 rings (SSSR count). The zero-order valence-electron chi connectivity index (χ0n) is 7.95. The van der Waals surface area contributed by atoms with Gasteiger partial charge in [0.2, 0.25) is 0 Å². The number of benzene rings is 1. The Bertz CT molecular complexity index is 454. The molecule has 0 unspecified atom stereocenters. The summed E-state index contributed by atoms with van der Waals surface area (Å²) in [7, 11) is 0. The molecule has 0 saturated carbocycles. The number of pyridine rings is 1. The molecule has 0 aliphatic carbocycles. The van der Waals surface area contributed by atoms with E-state index in [0.717, 1.165) is 16.7 Å². The van der Waals surface area contributed by atoms with Gasteiger partial charge in [-0.05, 0) is 23.3 Å². The quantitative estimate of drug-likeness (QED) is 0.716. The van der Waals surface area contributed by atoms with Crippen LogP contribution in [0.25, 0.3) is 11.1 Å². The van der Waals surface area contributed by atoms with E-state index in [1.165, 1.54) is 0 Å². The summed E-state index contributed by atoms with van der Waals surface area (Å²) in [5.41, 5.74) is 3.06. The summed E-state index contributed by atoms with van der Waals surface area (Å²) >= 11 is 11.8. The predicted octanol–water partition coefficient (Wildman–Crippen LogP) is 4.14. The van der Waals surface area contributed by atoms with E-state index in [-0.39, 0.29) is 0 Å². The number of halogens is 2. The lowest BCUT2D eigenvalue weighted by Crippen LogP contribution is -1.83. The fourth-order valence-electron chi connectivity index (χ4n) is 1.37. The fourth-order valence-corrected chi connectivity index (χ4v) is 1.92. The Hall–Kier alpha value is -1.05. The first-order valence-corrected chi connectivity index (χ1v) is 5.47. The molecule has 1 nitrogen and oxygen atoms in total. The number of hydrogen-bond acceptors (Lipinski definition) is 1. The third kappa shape index (κ3) is 2.31. The second-order valence-corrected chi connectivity index (χ2v) is 3.86. The Morgan fingerprint density at radius 1 is 1.13 bits per heavy atom. The standard InChI is InChI=1S/C12H9Cl2N/c13-7-10-4-3-9(6-12(10)14)11-2-1-5-15-8-11/h1-6,8H,7H2. The van der Waals surface area contributed by atoms with Gasteiger partial charge >= 0.3 is 0 Å². The van der Waals surface area contributed by atoms with Crippen LogP contribution >= 0.6 is 23.2 Å². The van der Waals surface area contributed by atoms with Gasteiger partial charge in [-0.1, -0.05) is 29.8 Å². The summed E-state index contributed by atoms with van der Waals surface area (Å²) in [6.07, 6.45) is 3.56. The lowest BCUT2D eigenvalue weighted by Gasteiger charge is -2.04. The average molecular weight is 238 g/mol. The molecule has 0 aliphatic rings. The number of hydrogen-bond donors (Lipinski definition) is 0. The van der Waals surface area contributed by atoms with E-state index in [9.17, 15) is 0 Å². The minimum atomic E-state index is 0.437. The highest BCUT2D eigenvalue weighted by Crippen LogP contribution is 2.25. The van der Waals surface area contributed by atoms with Gasteiger partial charge in [0.25, 0.3) is 0 Å². The molecule has 0 bridgehead atoms.